The van der Waals surface area contributed by atoms with Gasteiger partial charge in [0.15, 0.2) is 0 Å². The van der Waals surface area contributed by atoms with Crippen LogP contribution in [0, 0.1) is 0 Å². The summed E-state index contributed by atoms with van der Waals surface area (Å²) >= 11 is 0. The van der Waals surface area contributed by atoms with Crippen molar-refractivity contribution in [2.45, 2.75) is 4.90 Å². The van der Waals surface area contributed by atoms with Gasteiger partial charge in [0.25, 0.3) is 10.0 Å². The average molecular weight is 256 g/mol. The molecule has 0 saturated heterocycles. The molecule has 0 aromatic heterocycles. The molecule has 0 amide bonds. The predicted octanol–water partition coefficient (Wildman–Crippen LogP) is 0.449. The van der Waals surface area contributed by atoms with Gasteiger partial charge in [0.05, 0.1) is 4.90 Å². The quantitative estimate of drug-likeness (QED) is 0.795. The molecule has 0 unspecified atom stereocenters. The molecule has 5 nitrogen and oxygen atoms in total. The van der Waals surface area contributed by atoms with Crippen LogP contribution >= 0.6 is 10.7 Å². The molecule has 8 heteroatoms. The molecule has 0 radical (unpaired) electrons. The van der Waals surface area contributed by atoms with Gasteiger partial charge in [0.2, 0.25) is 0 Å². The van der Waals surface area contributed by atoms with Crippen LogP contribution in [0.2, 0.25) is 0 Å². The number of sulfonamides is 1. The van der Waals surface area contributed by atoms with Gasteiger partial charge in [-0.25, -0.2) is 8.42 Å². The number of nitrogens with one attached hydrogen (secondary N) is 1. The maximum atomic E-state index is 11.3. The fourth-order valence-electron chi connectivity index (χ4n) is 0.779. The van der Waals surface area contributed by atoms with Gasteiger partial charge in [-0.05, 0) is 12.1 Å². The van der Waals surface area contributed by atoms with Crippen molar-refractivity contribution in [1.82, 2.24) is 4.13 Å². The number of benzene rings is 1. The van der Waals surface area contributed by atoms with Gasteiger partial charge in [-0.2, -0.15) is 8.42 Å². The van der Waals surface area contributed by atoms with E-state index in [0.717, 1.165) is 0 Å². The van der Waals surface area contributed by atoms with Crippen molar-refractivity contribution >= 4 is 29.9 Å². The SMILES string of the molecule is O=S(=O)(Cl)NS(=O)(=O)c1ccccc1. The maximum absolute atomic E-state index is 11.3. The third-order valence-electron chi connectivity index (χ3n) is 1.26. The molecule has 1 rings (SSSR count). The lowest BCUT2D eigenvalue weighted by Crippen LogP contribution is -2.26. The second-order valence-electron chi connectivity index (χ2n) is 2.34. The second kappa shape index (κ2) is 3.85. The van der Waals surface area contributed by atoms with E-state index in [1.807, 2.05) is 0 Å². The summed E-state index contributed by atoms with van der Waals surface area (Å²) < 4.78 is 44.9. The van der Waals surface area contributed by atoms with E-state index < -0.39 is 19.3 Å². The molecular formula is C6H6ClNO4S2. The van der Waals surface area contributed by atoms with Gasteiger partial charge < -0.3 is 0 Å². The van der Waals surface area contributed by atoms with Gasteiger partial charge in [-0.1, -0.05) is 22.3 Å². The van der Waals surface area contributed by atoms with E-state index in [4.69, 9.17) is 10.7 Å². The summed E-state index contributed by atoms with van der Waals surface area (Å²) in [5.74, 6) is 0. The molecule has 0 atom stereocenters. The predicted molar refractivity (Wildman–Crippen MR) is 51.5 cm³/mol. The zero-order valence-corrected chi connectivity index (χ0v) is 9.10. The van der Waals surface area contributed by atoms with E-state index >= 15 is 0 Å². The molecular weight excluding hydrogens is 250 g/mol. The highest BCUT2D eigenvalue weighted by atomic mass is 35.7. The minimum atomic E-state index is -4.30. The summed E-state index contributed by atoms with van der Waals surface area (Å²) in [7, 11) is -3.63. The standard InChI is InChI=1S/C6H6ClNO4S2/c7-14(11,12)8-13(9,10)6-4-2-1-3-5-6/h1-5,8H. The molecule has 1 N–H and O–H groups in total. The van der Waals surface area contributed by atoms with Crippen LogP contribution in [-0.2, 0) is 19.3 Å². The second-order valence-corrected chi connectivity index (χ2v) is 6.58. The van der Waals surface area contributed by atoms with Crippen LogP contribution in [-0.4, -0.2) is 16.8 Å². The van der Waals surface area contributed by atoms with Crippen molar-refractivity contribution in [2.75, 3.05) is 0 Å². The fourth-order valence-corrected chi connectivity index (χ4v) is 3.47. The molecule has 0 aliphatic heterocycles. The normalized spacial score (nSPS) is 12.6. The lowest BCUT2D eigenvalue weighted by Gasteiger charge is -2.01. The van der Waals surface area contributed by atoms with Crippen molar-refractivity contribution in [1.29, 1.82) is 0 Å². The van der Waals surface area contributed by atoms with Crippen molar-refractivity contribution in [3.8, 4) is 0 Å². The van der Waals surface area contributed by atoms with Crippen LogP contribution in [0.5, 0.6) is 0 Å². The lowest BCUT2D eigenvalue weighted by molar-refractivity contribution is 0.583. The van der Waals surface area contributed by atoms with Crippen molar-refractivity contribution in [2.24, 2.45) is 0 Å². The summed E-state index contributed by atoms with van der Waals surface area (Å²) in [6.45, 7) is 0. The van der Waals surface area contributed by atoms with Crippen LogP contribution in [0.15, 0.2) is 35.2 Å². The Labute approximate surface area is 86.3 Å². The zero-order chi connectivity index (χ0) is 10.8. The molecule has 1 aromatic rings. The Morgan fingerprint density at radius 3 is 1.93 bits per heavy atom. The number of hydrogen-bond acceptors (Lipinski definition) is 4. The first-order chi connectivity index (χ1) is 6.31. The first kappa shape index (κ1) is 11.4. The highest BCUT2D eigenvalue weighted by Crippen LogP contribution is 2.09. The van der Waals surface area contributed by atoms with E-state index in [-0.39, 0.29) is 4.90 Å². The Morgan fingerprint density at radius 1 is 1.00 bits per heavy atom. The van der Waals surface area contributed by atoms with Crippen molar-refractivity contribution < 1.29 is 16.8 Å². The summed E-state index contributed by atoms with van der Waals surface area (Å²) in [4.78, 5) is -0.163. The van der Waals surface area contributed by atoms with Crippen molar-refractivity contribution in [3.05, 3.63) is 30.3 Å². The summed E-state index contributed by atoms with van der Waals surface area (Å²) in [6.07, 6.45) is 0. The molecule has 0 spiro atoms. The molecule has 78 valence electrons. The Morgan fingerprint density at radius 2 is 1.50 bits per heavy atom. The number of rotatable bonds is 3. The third-order valence-corrected chi connectivity index (χ3v) is 4.40. The van der Waals surface area contributed by atoms with Crippen LogP contribution in [0.3, 0.4) is 0 Å². The average Bonchev–Trinajstić information content (AvgIpc) is 2.01. The zero-order valence-electron chi connectivity index (χ0n) is 6.71. The van der Waals surface area contributed by atoms with Gasteiger partial charge in [0.1, 0.15) is 0 Å². The number of halogens is 1. The maximum Gasteiger partial charge on any atom is 0.310 e. The van der Waals surface area contributed by atoms with Crippen LogP contribution in [0.4, 0.5) is 0 Å². The van der Waals surface area contributed by atoms with Crippen LogP contribution in [0.25, 0.3) is 0 Å². The molecule has 0 bridgehead atoms. The van der Waals surface area contributed by atoms with E-state index in [1.165, 1.54) is 28.4 Å². The van der Waals surface area contributed by atoms with Crippen LogP contribution < -0.4 is 4.13 Å². The molecule has 14 heavy (non-hydrogen) atoms. The van der Waals surface area contributed by atoms with E-state index in [2.05, 4.69) is 0 Å². The third kappa shape index (κ3) is 3.26. The summed E-state index contributed by atoms with van der Waals surface area (Å²) in [5, 5.41) is 0. The molecule has 0 saturated carbocycles. The smallest absolute Gasteiger partial charge is 0.206 e. The topological polar surface area (TPSA) is 80.3 Å². The van der Waals surface area contributed by atoms with Gasteiger partial charge >= 0.3 is 9.24 Å². The largest absolute Gasteiger partial charge is 0.310 e. The first-order valence-electron chi connectivity index (χ1n) is 3.34. The summed E-state index contributed by atoms with van der Waals surface area (Å²) in [5.41, 5.74) is 0. The molecule has 0 fully saturated rings. The van der Waals surface area contributed by atoms with Gasteiger partial charge in [0, 0.05) is 10.7 Å². The van der Waals surface area contributed by atoms with E-state index in [9.17, 15) is 16.8 Å². The minimum absolute atomic E-state index is 0.163. The Balaban J connectivity index is 3.12. The summed E-state index contributed by atoms with van der Waals surface area (Å²) in [6, 6.07) is 7.05. The highest BCUT2D eigenvalue weighted by molar-refractivity contribution is 8.18. The molecule has 0 heterocycles. The highest BCUT2D eigenvalue weighted by Gasteiger charge is 2.19. The lowest BCUT2D eigenvalue weighted by atomic mass is 10.4. The molecule has 1 aromatic carbocycles. The monoisotopic (exact) mass is 255 g/mol. The van der Waals surface area contributed by atoms with Gasteiger partial charge in [-0.3, -0.25) is 0 Å². The molecule has 0 aliphatic rings. The Kier molecular flexibility index (Phi) is 3.15. The minimum Gasteiger partial charge on any atom is -0.206 e. The van der Waals surface area contributed by atoms with E-state index in [1.54, 1.807) is 6.07 Å². The Hall–Kier alpha value is -0.630. The number of hydrogen-bond donors (Lipinski definition) is 1. The van der Waals surface area contributed by atoms with E-state index in [0.29, 0.717) is 0 Å². The Bertz CT molecular complexity index is 508. The van der Waals surface area contributed by atoms with Crippen molar-refractivity contribution in [3.63, 3.8) is 0 Å². The fraction of sp³-hybridized carbons (Fsp3) is 0. The first-order valence-corrected chi connectivity index (χ1v) is 7.14. The molecule has 0 aliphatic carbocycles. The van der Waals surface area contributed by atoms with Gasteiger partial charge in [-0.15, -0.1) is 0 Å². The van der Waals surface area contributed by atoms with Crippen LogP contribution in [0.1, 0.15) is 0 Å².